The van der Waals surface area contributed by atoms with Crippen LogP contribution in [0.4, 0.5) is 5.69 Å². The van der Waals surface area contributed by atoms with E-state index in [1.807, 2.05) is 17.5 Å². The number of aromatic nitrogens is 2. The number of aromatic amines is 1. The molecule has 0 atom stereocenters. The normalized spacial score (nSPS) is 10.6. The minimum atomic E-state index is -0.455. The lowest BCUT2D eigenvalue weighted by molar-refractivity contribution is -0.384. The molecule has 0 saturated carbocycles. The van der Waals surface area contributed by atoms with Gasteiger partial charge in [-0.05, 0) is 17.0 Å². The van der Waals surface area contributed by atoms with Crippen molar-refractivity contribution in [2.75, 3.05) is 0 Å². The van der Waals surface area contributed by atoms with Crippen LogP contribution in [0.1, 0.15) is 16.1 Å². The zero-order valence-electron chi connectivity index (χ0n) is 14.6. The van der Waals surface area contributed by atoms with Crippen LogP contribution in [0.3, 0.4) is 0 Å². The summed E-state index contributed by atoms with van der Waals surface area (Å²) in [6.07, 6.45) is 0.0143. The number of amides is 1. The quantitative estimate of drug-likeness (QED) is 0.252. The van der Waals surface area contributed by atoms with Crippen LogP contribution < -0.4 is 10.9 Å². The number of benzene rings is 1. The number of H-pyrrole nitrogens is 1. The highest BCUT2D eigenvalue weighted by Gasteiger charge is 2.09. The van der Waals surface area contributed by atoms with Crippen LogP contribution in [-0.4, -0.2) is 20.8 Å². The van der Waals surface area contributed by atoms with Crippen LogP contribution in [0.15, 0.2) is 57.8 Å². The lowest BCUT2D eigenvalue weighted by atomic mass is 10.2. The number of hydrogen-bond donors (Lipinski definition) is 2. The molecule has 0 aliphatic carbocycles. The van der Waals surface area contributed by atoms with E-state index in [2.05, 4.69) is 15.3 Å². The third-order valence-corrected chi connectivity index (χ3v) is 5.50. The number of nitrogens with one attached hydrogen (secondary N) is 2. The number of thiophene rings is 1. The Morgan fingerprint density at radius 2 is 2.07 bits per heavy atom. The Labute approximate surface area is 168 Å². The fourth-order valence-corrected chi connectivity index (χ4v) is 3.83. The molecule has 0 fully saturated rings. The Morgan fingerprint density at radius 1 is 1.29 bits per heavy atom. The molecule has 0 spiro atoms. The Morgan fingerprint density at radius 3 is 2.75 bits per heavy atom. The standard InChI is InChI=1S/C18H16N4O4S2/c23-16(19-10-15-2-1-7-27-15)8-13-9-17(24)21-18(20-13)28-11-12-3-5-14(6-4-12)22(25)26/h1-7,9H,8,10-11H2,(H,19,23)(H,20,21,24). The fourth-order valence-electron chi connectivity index (χ4n) is 2.33. The summed E-state index contributed by atoms with van der Waals surface area (Å²) < 4.78 is 0. The van der Waals surface area contributed by atoms with Crippen molar-refractivity contribution >= 4 is 34.7 Å². The van der Waals surface area contributed by atoms with Crippen molar-refractivity contribution in [3.8, 4) is 0 Å². The second-order valence-electron chi connectivity index (χ2n) is 5.79. The predicted molar refractivity (Wildman–Crippen MR) is 107 cm³/mol. The van der Waals surface area contributed by atoms with Crippen molar-refractivity contribution in [1.82, 2.24) is 15.3 Å². The molecular formula is C18H16N4O4S2. The molecule has 3 aromatic rings. The number of nitro benzene ring substituents is 1. The van der Waals surface area contributed by atoms with Crippen LogP contribution >= 0.6 is 23.1 Å². The number of thioether (sulfide) groups is 1. The average Bonchev–Trinajstić information content (AvgIpc) is 3.18. The molecule has 8 nitrogen and oxygen atoms in total. The highest BCUT2D eigenvalue weighted by Crippen LogP contribution is 2.20. The zero-order chi connectivity index (χ0) is 19.9. The predicted octanol–water partition coefficient (Wildman–Crippen LogP) is 2.89. The van der Waals surface area contributed by atoms with E-state index in [1.165, 1.54) is 30.0 Å². The summed E-state index contributed by atoms with van der Waals surface area (Å²) in [5, 5.41) is 15.8. The van der Waals surface area contributed by atoms with Crippen LogP contribution in [-0.2, 0) is 23.5 Å². The molecular weight excluding hydrogens is 400 g/mol. The number of hydrogen-bond acceptors (Lipinski definition) is 7. The molecule has 28 heavy (non-hydrogen) atoms. The highest BCUT2D eigenvalue weighted by molar-refractivity contribution is 7.98. The van der Waals surface area contributed by atoms with Crippen molar-refractivity contribution in [1.29, 1.82) is 0 Å². The number of nitro groups is 1. The molecule has 1 amide bonds. The third-order valence-electron chi connectivity index (χ3n) is 3.68. The lowest BCUT2D eigenvalue weighted by Crippen LogP contribution is -2.25. The van der Waals surface area contributed by atoms with E-state index < -0.39 is 4.92 Å². The van der Waals surface area contributed by atoms with E-state index in [9.17, 15) is 19.7 Å². The highest BCUT2D eigenvalue weighted by atomic mass is 32.2. The van der Waals surface area contributed by atoms with Crippen LogP contribution in [0.2, 0.25) is 0 Å². The van der Waals surface area contributed by atoms with Gasteiger partial charge in [-0.25, -0.2) is 4.98 Å². The average molecular weight is 416 g/mol. The van der Waals surface area contributed by atoms with Crippen molar-refractivity contribution < 1.29 is 9.72 Å². The van der Waals surface area contributed by atoms with Crippen molar-refractivity contribution in [3.63, 3.8) is 0 Å². The molecule has 2 N–H and O–H groups in total. The van der Waals surface area contributed by atoms with Gasteiger partial charge in [-0.3, -0.25) is 19.7 Å². The number of nitrogens with zero attached hydrogens (tertiary/aromatic N) is 2. The molecule has 0 aliphatic rings. The van der Waals surface area contributed by atoms with E-state index in [0.29, 0.717) is 23.1 Å². The van der Waals surface area contributed by atoms with Gasteiger partial charge in [0.05, 0.1) is 23.6 Å². The molecule has 2 aromatic heterocycles. The first-order valence-corrected chi connectivity index (χ1v) is 10.1. The van der Waals surface area contributed by atoms with E-state index in [1.54, 1.807) is 23.5 Å². The summed E-state index contributed by atoms with van der Waals surface area (Å²) in [6.45, 7) is 0.446. The summed E-state index contributed by atoms with van der Waals surface area (Å²) in [5.41, 5.74) is 0.939. The van der Waals surface area contributed by atoms with E-state index in [-0.39, 0.29) is 23.6 Å². The monoisotopic (exact) mass is 416 g/mol. The summed E-state index contributed by atoms with van der Waals surface area (Å²) in [5.74, 6) is 0.271. The minimum absolute atomic E-state index is 0.0143. The molecule has 1 aromatic carbocycles. The number of carbonyl (C=O) groups excluding carboxylic acids is 1. The van der Waals surface area contributed by atoms with Crippen LogP contribution in [0, 0.1) is 10.1 Å². The molecule has 0 aliphatic heterocycles. The van der Waals surface area contributed by atoms with Gasteiger partial charge >= 0.3 is 0 Å². The van der Waals surface area contributed by atoms with Gasteiger partial charge in [0, 0.05) is 28.8 Å². The summed E-state index contributed by atoms with van der Waals surface area (Å²) in [4.78, 5) is 42.2. The Bertz CT molecular complexity index is 1020. The van der Waals surface area contributed by atoms with E-state index in [0.717, 1.165) is 10.4 Å². The summed E-state index contributed by atoms with van der Waals surface area (Å²) in [7, 11) is 0. The Kier molecular flexibility index (Phi) is 6.56. The maximum Gasteiger partial charge on any atom is 0.269 e. The van der Waals surface area contributed by atoms with Gasteiger partial charge in [-0.1, -0.05) is 30.0 Å². The van der Waals surface area contributed by atoms with E-state index in [4.69, 9.17) is 0 Å². The molecule has 2 heterocycles. The second-order valence-corrected chi connectivity index (χ2v) is 7.78. The number of non-ortho nitro benzene ring substituents is 1. The van der Waals surface area contributed by atoms with Crippen LogP contribution in [0.5, 0.6) is 0 Å². The van der Waals surface area contributed by atoms with Crippen molar-refractivity contribution in [2.45, 2.75) is 23.9 Å². The minimum Gasteiger partial charge on any atom is -0.351 e. The molecule has 10 heteroatoms. The maximum absolute atomic E-state index is 12.1. The van der Waals surface area contributed by atoms with Gasteiger partial charge in [0.2, 0.25) is 5.91 Å². The topological polar surface area (TPSA) is 118 Å². The molecule has 0 radical (unpaired) electrons. The Balaban J connectivity index is 1.58. The second kappa shape index (κ2) is 9.29. The molecule has 3 rings (SSSR count). The first-order chi connectivity index (χ1) is 13.5. The number of rotatable bonds is 8. The summed E-state index contributed by atoms with van der Waals surface area (Å²) in [6, 6.07) is 11.3. The SMILES string of the molecule is O=C(Cc1cc(=O)[nH]c(SCc2ccc([N+](=O)[O-])cc2)n1)NCc1cccs1. The Hall–Kier alpha value is -2.98. The van der Waals surface area contributed by atoms with Crippen molar-refractivity contribution in [3.05, 3.63) is 84.4 Å². The third kappa shape index (κ3) is 5.76. The van der Waals surface area contributed by atoms with Gasteiger partial charge < -0.3 is 10.3 Å². The van der Waals surface area contributed by atoms with Crippen molar-refractivity contribution in [2.24, 2.45) is 0 Å². The molecule has 144 valence electrons. The van der Waals surface area contributed by atoms with Gasteiger partial charge in [0.25, 0.3) is 11.2 Å². The van der Waals surface area contributed by atoms with Crippen LogP contribution in [0.25, 0.3) is 0 Å². The van der Waals surface area contributed by atoms with Gasteiger partial charge in [0.1, 0.15) is 0 Å². The lowest BCUT2D eigenvalue weighted by Gasteiger charge is -2.06. The summed E-state index contributed by atoms with van der Waals surface area (Å²) >= 11 is 2.85. The first kappa shape index (κ1) is 19.8. The fraction of sp³-hybridized carbons (Fsp3) is 0.167. The first-order valence-electron chi connectivity index (χ1n) is 8.25. The smallest absolute Gasteiger partial charge is 0.269 e. The molecule has 0 saturated heterocycles. The maximum atomic E-state index is 12.1. The zero-order valence-corrected chi connectivity index (χ0v) is 16.2. The van der Waals surface area contributed by atoms with Gasteiger partial charge in [-0.15, -0.1) is 11.3 Å². The largest absolute Gasteiger partial charge is 0.351 e. The van der Waals surface area contributed by atoms with Gasteiger partial charge in [0.15, 0.2) is 5.16 Å². The van der Waals surface area contributed by atoms with E-state index >= 15 is 0 Å². The number of carbonyl (C=O) groups is 1. The molecule has 0 unspecified atom stereocenters. The van der Waals surface area contributed by atoms with Gasteiger partial charge in [-0.2, -0.15) is 0 Å². The molecule has 0 bridgehead atoms.